The van der Waals surface area contributed by atoms with E-state index < -0.39 is 11.1 Å². The number of hydrogen-bond donors (Lipinski definition) is 1. The molecule has 0 atom stereocenters. The molecule has 0 bridgehead atoms. The Kier molecular flexibility index (Phi) is 11.5. The Morgan fingerprint density at radius 1 is 0.683 bits per heavy atom. The lowest BCUT2D eigenvalue weighted by Gasteiger charge is -2.05. The predicted molar refractivity (Wildman–Crippen MR) is 173 cm³/mol. The predicted octanol–water partition coefficient (Wildman–Crippen LogP) is 7.50. The largest absolute Gasteiger partial charge is 0.412 e. The monoisotopic (exact) mass is 699 g/mol. The topological polar surface area (TPSA) is 127 Å². The molecule has 4 N–H and O–H groups in total. The Morgan fingerprint density at radius 3 is 1.54 bits per heavy atom. The molecule has 2 aromatic heterocycles. The third kappa shape index (κ3) is 7.28. The summed E-state index contributed by atoms with van der Waals surface area (Å²) in [5.74, 6) is -0.445. The van der Waals surface area contributed by atoms with E-state index in [1.165, 1.54) is 0 Å². The van der Waals surface area contributed by atoms with E-state index in [4.69, 9.17) is 17.3 Å². The number of imidazole rings is 2. The SMILES string of the molecule is C.C.NC(=O)c1ccc2c(c1)ncn2-c1cccc(Br)c1.O.O=C(Cl)c1ccc2c(c1)ncn2-c1cccc(Br)c1. The van der Waals surface area contributed by atoms with Crippen molar-refractivity contribution in [2.45, 2.75) is 14.9 Å². The van der Waals surface area contributed by atoms with Gasteiger partial charge in [0.1, 0.15) is 12.7 Å². The number of halogens is 3. The quantitative estimate of drug-likeness (QED) is 0.191. The summed E-state index contributed by atoms with van der Waals surface area (Å²) < 4.78 is 5.92. The molecular weight excluding hydrogens is 674 g/mol. The van der Waals surface area contributed by atoms with Gasteiger partial charge in [-0.15, -0.1) is 0 Å². The smallest absolute Gasteiger partial charge is 0.252 e. The van der Waals surface area contributed by atoms with Crippen LogP contribution in [-0.4, -0.2) is 35.7 Å². The van der Waals surface area contributed by atoms with Gasteiger partial charge in [-0.2, -0.15) is 0 Å². The highest BCUT2D eigenvalue weighted by molar-refractivity contribution is 9.10. The van der Waals surface area contributed by atoms with E-state index >= 15 is 0 Å². The standard InChI is InChI=1S/C14H8BrClN2O.C14H10BrN3O.2CH4.H2O/c2*15-10-2-1-3-11(7-10)18-8-17-12-6-9(14(16)19)4-5-13(12)18;;;/h1-8H;1-8H,(H2,16,19);2*1H4;1H2. The molecule has 0 aliphatic carbocycles. The van der Waals surface area contributed by atoms with Crippen LogP contribution in [0.2, 0.25) is 0 Å². The molecule has 0 unspecified atom stereocenters. The van der Waals surface area contributed by atoms with E-state index in [1.54, 1.807) is 36.9 Å². The number of primary amides is 1. The molecule has 4 aromatic carbocycles. The van der Waals surface area contributed by atoms with Gasteiger partial charge in [0.25, 0.3) is 5.24 Å². The fraction of sp³-hybridized carbons (Fsp3) is 0.0667. The Morgan fingerprint density at radius 2 is 1.12 bits per heavy atom. The van der Waals surface area contributed by atoms with Crippen LogP contribution in [0.25, 0.3) is 33.4 Å². The fourth-order valence-corrected chi connectivity index (χ4v) is 4.86. The number of carbonyl (C=O) groups is 2. The third-order valence-electron chi connectivity index (χ3n) is 5.78. The number of hydrogen-bond acceptors (Lipinski definition) is 4. The lowest BCUT2D eigenvalue weighted by atomic mass is 10.2. The molecule has 2 heterocycles. The number of nitrogens with zero attached hydrogens (tertiary/aromatic N) is 4. The number of fused-ring (bicyclic) bond motifs is 2. The van der Waals surface area contributed by atoms with E-state index in [0.717, 1.165) is 42.4 Å². The van der Waals surface area contributed by atoms with Gasteiger partial charge in [-0.1, -0.05) is 58.8 Å². The molecule has 0 spiro atoms. The number of aromatic nitrogens is 4. The molecule has 0 saturated heterocycles. The minimum atomic E-state index is -0.473. The summed E-state index contributed by atoms with van der Waals surface area (Å²) in [6.07, 6.45) is 3.46. The first-order valence-corrected chi connectivity index (χ1v) is 13.2. The number of rotatable bonds is 4. The first-order valence-electron chi connectivity index (χ1n) is 11.3. The third-order valence-corrected chi connectivity index (χ3v) is 6.98. The lowest BCUT2D eigenvalue weighted by Crippen LogP contribution is -2.10. The molecule has 0 aliphatic heterocycles. The minimum absolute atomic E-state index is 0. The zero-order chi connectivity index (χ0) is 26.8. The summed E-state index contributed by atoms with van der Waals surface area (Å²) in [5, 5.41) is -0.473. The van der Waals surface area contributed by atoms with Crippen molar-refractivity contribution in [3.8, 4) is 11.4 Å². The minimum Gasteiger partial charge on any atom is -0.412 e. The summed E-state index contributed by atoms with van der Waals surface area (Å²) in [7, 11) is 0. The number of amides is 1. The van der Waals surface area contributed by atoms with Crippen LogP contribution >= 0.6 is 43.5 Å². The van der Waals surface area contributed by atoms with Crippen LogP contribution in [0.4, 0.5) is 0 Å². The average molecular weight is 702 g/mol. The Labute approximate surface area is 259 Å². The summed E-state index contributed by atoms with van der Waals surface area (Å²) in [4.78, 5) is 30.9. The van der Waals surface area contributed by atoms with Crippen molar-refractivity contribution in [3.05, 3.63) is 118 Å². The van der Waals surface area contributed by atoms with Crippen molar-refractivity contribution >= 4 is 76.7 Å². The molecule has 41 heavy (non-hydrogen) atoms. The van der Waals surface area contributed by atoms with Crippen molar-refractivity contribution in [1.82, 2.24) is 19.1 Å². The molecule has 6 rings (SSSR count). The first-order chi connectivity index (χ1) is 18.3. The molecular formula is C30H28Br2ClN5O3. The van der Waals surface area contributed by atoms with Crippen molar-refractivity contribution in [3.63, 3.8) is 0 Å². The maximum atomic E-state index is 11.1. The number of carbonyl (C=O) groups excluding carboxylic acids is 2. The van der Waals surface area contributed by atoms with Gasteiger partial charge in [0.15, 0.2) is 0 Å². The molecule has 212 valence electrons. The molecule has 11 heteroatoms. The van der Waals surface area contributed by atoms with Crippen LogP contribution in [0.1, 0.15) is 35.6 Å². The fourth-order valence-electron chi connectivity index (χ4n) is 3.96. The van der Waals surface area contributed by atoms with Crippen LogP contribution in [-0.2, 0) is 0 Å². The average Bonchev–Trinajstić information content (AvgIpc) is 3.52. The van der Waals surface area contributed by atoms with Crippen LogP contribution in [0.15, 0.2) is 107 Å². The summed E-state index contributed by atoms with van der Waals surface area (Å²) >= 11 is 12.4. The van der Waals surface area contributed by atoms with E-state index in [0.29, 0.717) is 11.1 Å². The zero-order valence-corrected chi connectivity index (χ0v) is 24.0. The number of benzene rings is 4. The van der Waals surface area contributed by atoms with Gasteiger partial charge in [0.05, 0.1) is 22.1 Å². The zero-order valence-electron chi connectivity index (χ0n) is 20.1. The maximum absolute atomic E-state index is 11.1. The van der Waals surface area contributed by atoms with Gasteiger partial charge in [0.2, 0.25) is 5.91 Å². The second-order valence-electron chi connectivity index (χ2n) is 8.23. The molecule has 8 nitrogen and oxygen atoms in total. The number of nitrogens with two attached hydrogens (primary N) is 1. The molecule has 0 aliphatic rings. The van der Waals surface area contributed by atoms with Crippen molar-refractivity contribution < 1.29 is 15.1 Å². The summed E-state index contributed by atoms with van der Waals surface area (Å²) in [6.45, 7) is 0. The van der Waals surface area contributed by atoms with Gasteiger partial charge >= 0.3 is 0 Å². The normalized spacial score (nSPS) is 10.0. The van der Waals surface area contributed by atoms with Crippen molar-refractivity contribution in [1.29, 1.82) is 0 Å². The Hall–Kier alpha value is -3.83. The van der Waals surface area contributed by atoms with Gasteiger partial charge in [-0.05, 0) is 84.4 Å². The van der Waals surface area contributed by atoms with Gasteiger partial charge < -0.3 is 11.2 Å². The van der Waals surface area contributed by atoms with Crippen molar-refractivity contribution in [2.24, 2.45) is 5.73 Å². The van der Waals surface area contributed by atoms with Gasteiger partial charge in [0, 0.05) is 31.4 Å². The Balaban J connectivity index is 0.000000267. The van der Waals surface area contributed by atoms with E-state index in [9.17, 15) is 9.59 Å². The van der Waals surface area contributed by atoms with Crippen LogP contribution in [0, 0.1) is 0 Å². The summed E-state index contributed by atoms with van der Waals surface area (Å²) in [6, 6.07) is 26.3. The molecule has 0 fully saturated rings. The van der Waals surface area contributed by atoms with E-state index in [-0.39, 0.29) is 20.3 Å². The molecule has 0 radical (unpaired) electrons. The highest BCUT2D eigenvalue weighted by Gasteiger charge is 2.09. The maximum Gasteiger partial charge on any atom is 0.252 e. The molecule has 0 saturated carbocycles. The second-order valence-corrected chi connectivity index (χ2v) is 10.4. The molecule has 6 aromatic rings. The van der Waals surface area contributed by atoms with Crippen molar-refractivity contribution in [2.75, 3.05) is 0 Å². The van der Waals surface area contributed by atoms with E-state index in [2.05, 4.69) is 41.8 Å². The van der Waals surface area contributed by atoms with Crippen LogP contribution in [0.5, 0.6) is 0 Å². The highest BCUT2D eigenvalue weighted by Crippen LogP contribution is 2.23. The van der Waals surface area contributed by atoms with Crippen LogP contribution in [0.3, 0.4) is 0 Å². The lowest BCUT2D eigenvalue weighted by molar-refractivity contribution is 0.0999. The summed E-state index contributed by atoms with van der Waals surface area (Å²) in [5.41, 5.74) is 11.5. The van der Waals surface area contributed by atoms with E-state index in [1.807, 2.05) is 69.8 Å². The Bertz CT molecular complexity index is 1700. The van der Waals surface area contributed by atoms with Gasteiger partial charge in [-0.25, -0.2) is 9.97 Å². The van der Waals surface area contributed by atoms with Gasteiger partial charge in [-0.3, -0.25) is 18.7 Å². The first kappa shape index (κ1) is 33.4. The second kappa shape index (κ2) is 14.2. The van der Waals surface area contributed by atoms with Crippen LogP contribution < -0.4 is 5.73 Å². The highest BCUT2D eigenvalue weighted by atomic mass is 79.9. The molecule has 1 amide bonds.